The Morgan fingerprint density at radius 1 is 1.60 bits per heavy atom. The zero-order valence-corrected chi connectivity index (χ0v) is 9.45. The van der Waals surface area contributed by atoms with E-state index in [4.69, 9.17) is 5.73 Å². The first-order valence-electron chi connectivity index (χ1n) is 4.31. The maximum Gasteiger partial charge on any atom is 0.184 e. The Balaban J connectivity index is 2.64. The highest BCUT2D eigenvalue weighted by atomic mass is 32.1. The first-order chi connectivity index (χ1) is 7.09. The van der Waals surface area contributed by atoms with Gasteiger partial charge in [0.15, 0.2) is 5.11 Å². The van der Waals surface area contributed by atoms with Gasteiger partial charge in [0.05, 0.1) is 23.8 Å². The Bertz CT molecular complexity index is 357. The van der Waals surface area contributed by atoms with E-state index >= 15 is 0 Å². The van der Waals surface area contributed by atoms with Crippen LogP contribution in [0, 0.1) is 0 Å². The fourth-order valence-electron chi connectivity index (χ4n) is 0.900. The molecule has 0 aliphatic rings. The van der Waals surface area contributed by atoms with E-state index in [1.165, 1.54) is 0 Å². The summed E-state index contributed by atoms with van der Waals surface area (Å²) in [6.07, 6.45) is 3.32. The second-order valence-electron chi connectivity index (χ2n) is 3.07. The van der Waals surface area contributed by atoms with Crippen LogP contribution in [0.25, 0.3) is 0 Å². The van der Waals surface area contributed by atoms with Gasteiger partial charge in [-0.05, 0) is 24.4 Å². The Labute approximate surface area is 94.0 Å². The van der Waals surface area contributed by atoms with Crippen LogP contribution in [0.15, 0.2) is 23.4 Å². The number of rotatable bonds is 3. The number of thiocarbonyl (C=S) groups is 1. The van der Waals surface area contributed by atoms with Gasteiger partial charge >= 0.3 is 0 Å². The predicted octanol–water partition coefficient (Wildman–Crippen LogP) is 0.315. The molecular weight excluding hydrogens is 210 g/mol. The molecule has 1 heterocycles. The average molecular weight is 223 g/mol. The van der Waals surface area contributed by atoms with Gasteiger partial charge in [-0.1, -0.05) is 0 Å². The van der Waals surface area contributed by atoms with Crippen LogP contribution < -0.4 is 16.1 Å². The van der Waals surface area contributed by atoms with Gasteiger partial charge in [0.1, 0.15) is 0 Å². The molecule has 0 unspecified atom stereocenters. The summed E-state index contributed by atoms with van der Waals surface area (Å²) in [5.74, 6) is 0. The molecule has 0 atom stereocenters. The van der Waals surface area contributed by atoms with Crippen LogP contribution in [0.1, 0.15) is 5.69 Å². The highest BCUT2D eigenvalue weighted by Gasteiger charge is 1.94. The topological polar surface area (TPSA) is 66.5 Å². The summed E-state index contributed by atoms with van der Waals surface area (Å²) >= 11 is 4.59. The average Bonchev–Trinajstić information content (AvgIpc) is 2.18. The molecule has 0 saturated heterocycles. The normalized spacial score (nSPS) is 10.3. The number of nitrogens with one attached hydrogen (secondary N) is 1. The summed E-state index contributed by atoms with van der Waals surface area (Å²) < 4.78 is 0. The van der Waals surface area contributed by atoms with Gasteiger partial charge < -0.3 is 10.6 Å². The molecule has 1 aromatic heterocycles. The summed E-state index contributed by atoms with van der Waals surface area (Å²) in [5, 5.41) is 3.93. The fourth-order valence-corrected chi connectivity index (χ4v) is 0.953. The van der Waals surface area contributed by atoms with E-state index < -0.39 is 0 Å². The third kappa shape index (κ3) is 3.90. The molecule has 5 nitrogen and oxygen atoms in total. The van der Waals surface area contributed by atoms with Crippen LogP contribution in [0.4, 0.5) is 5.69 Å². The fraction of sp³-hybridized carbons (Fsp3) is 0.222. The van der Waals surface area contributed by atoms with Crippen LogP contribution >= 0.6 is 12.2 Å². The highest BCUT2D eigenvalue weighted by molar-refractivity contribution is 7.80. The second kappa shape index (κ2) is 5.26. The van der Waals surface area contributed by atoms with E-state index in [0.29, 0.717) is 0 Å². The number of pyridine rings is 1. The largest absolute Gasteiger partial charge is 0.376 e. The second-order valence-corrected chi connectivity index (χ2v) is 3.51. The van der Waals surface area contributed by atoms with Gasteiger partial charge in [0.25, 0.3) is 0 Å². The van der Waals surface area contributed by atoms with Gasteiger partial charge in [-0.25, -0.2) is 0 Å². The molecule has 0 spiro atoms. The lowest BCUT2D eigenvalue weighted by Crippen LogP contribution is -2.24. The maximum absolute atomic E-state index is 5.20. The molecule has 0 radical (unpaired) electrons. The van der Waals surface area contributed by atoms with E-state index in [2.05, 4.69) is 27.7 Å². The van der Waals surface area contributed by atoms with Crippen molar-refractivity contribution in [3.63, 3.8) is 0 Å². The third-order valence-electron chi connectivity index (χ3n) is 1.66. The van der Waals surface area contributed by atoms with E-state index in [-0.39, 0.29) is 5.11 Å². The van der Waals surface area contributed by atoms with Crippen LogP contribution in [0.3, 0.4) is 0 Å². The summed E-state index contributed by atoms with van der Waals surface area (Å²) in [5.41, 5.74) is 9.44. The van der Waals surface area contributed by atoms with Gasteiger partial charge in [0, 0.05) is 14.1 Å². The molecule has 1 rings (SSSR count). The lowest BCUT2D eigenvalue weighted by Gasteiger charge is -2.10. The molecule has 0 aromatic carbocycles. The first-order valence-corrected chi connectivity index (χ1v) is 4.72. The van der Waals surface area contributed by atoms with Crippen LogP contribution in [0.5, 0.6) is 0 Å². The van der Waals surface area contributed by atoms with Gasteiger partial charge in [0.2, 0.25) is 0 Å². The summed E-state index contributed by atoms with van der Waals surface area (Å²) in [7, 11) is 3.92. The van der Waals surface area contributed by atoms with Crippen molar-refractivity contribution in [2.24, 2.45) is 10.8 Å². The quantitative estimate of drug-likeness (QED) is 0.439. The molecule has 6 heteroatoms. The monoisotopic (exact) mass is 223 g/mol. The molecule has 80 valence electrons. The molecule has 3 N–H and O–H groups in total. The Kier molecular flexibility index (Phi) is 3.99. The Morgan fingerprint density at radius 3 is 2.80 bits per heavy atom. The van der Waals surface area contributed by atoms with Crippen molar-refractivity contribution >= 4 is 29.2 Å². The summed E-state index contributed by atoms with van der Waals surface area (Å²) in [4.78, 5) is 6.16. The molecule has 1 aromatic rings. The molecular formula is C9H13N5S. The summed E-state index contributed by atoms with van der Waals surface area (Å²) in [6.45, 7) is 0. The minimum absolute atomic E-state index is 0.135. The third-order valence-corrected chi connectivity index (χ3v) is 1.75. The van der Waals surface area contributed by atoms with Crippen LogP contribution in [-0.2, 0) is 0 Å². The van der Waals surface area contributed by atoms with E-state index in [0.717, 1.165) is 11.4 Å². The summed E-state index contributed by atoms with van der Waals surface area (Å²) in [6, 6.07) is 3.81. The van der Waals surface area contributed by atoms with E-state index in [9.17, 15) is 0 Å². The van der Waals surface area contributed by atoms with Crippen molar-refractivity contribution in [1.82, 2.24) is 10.4 Å². The number of nitrogens with zero attached hydrogens (tertiary/aromatic N) is 3. The zero-order valence-electron chi connectivity index (χ0n) is 8.64. The lowest BCUT2D eigenvalue weighted by molar-refractivity contribution is 1.04. The maximum atomic E-state index is 5.20. The van der Waals surface area contributed by atoms with Crippen molar-refractivity contribution in [3.8, 4) is 0 Å². The highest BCUT2D eigenvalue weighted by Crippen LogP contribution is 2.07. The minimum atomic E-state index is 0.135. The van der Waals surface area contributed by atoms with Crippen LogP contribution in [-0.4, -0.2) is 30.4 Å². The number of hydrogen-bond acceptors (Lipinski definition) is 4. The number of aromatic nitrogens is 1. The van der Waals surface area contributed by atoms with Gasteiger partial charge in [-0.2, -0.15) is 5.10 Å². The predicted molar refractivity (Wildman–Crippen MR) is 66.1 cm³/mol. The molecule has 0 aliphatic carbocycles. The molecule has 0 bridgehead atoms. The Hall–Kier alpha value is -1.69. The van der Waals surface area contributed by atoms with Crippen molar-refractivity contribution in [3.05, 3.63) is 24.0 Å². The van der Waals surface area contributed by atoms with E-state index in [1.54, 1.807) is 12.4 Å². The van der Waals surface area contributed by atoms with Crippen LogP contribution in [0.2, 0.25) is 0 Å². The molecule has 0 saturated carbocycles. The van der Waals surface area contributed by atoms with Crippen molar-refractivity contribution in [2.45, 2.75) is 0 Å². The minimum Gasteiger partial charge on any atom is -0.376 e. The van der Waals surface area contributed by atoms with Crippen molar-refractivity contribution in [1.29, 1.82) is 0 Å². The molecule has 0 amide bonds. The van der Waals surface area contributed by atoms with Crippen molar-refractivity contribution < 1.29 is 0 Å². The van der Waals surface area contributed by atoms with Gasteiger partial charge in [-0.3, -0.25) is 10.4 Å². The number of hydrazone groups is 1. The SMILES string of the molecule is CN(C)c1ccc(/C=N\NC(N)=S)nc1. The number of anilines is 1. The van der Waals surface area contributed by atoms with Crippen molar-refractivity contribution in [2.75, 3.05) is 19.0 Å². The zero-order chi connectivity index (χ0) is 11.3. The van der Waals surface area contributed by atoms with Gasteiger partial charge in [-0.15, -0.1) is 0 Å². The Morgan fingerprint density at radius 2 is 2.33 bits per heavy atom. The lowest BCUT2D eigenvalue weighted by atomic mass is 10.3. The molecule has 0 fully saturated rings. The standard InChI is InChI=1S/C9H13N5S/c1-14(2)8-4-3-7(11-6-8)5-12-13-9(10)15/h3-6H,1-2H3,(H3,10,13,15)/b12-5-. The van der Waals surface area contributed by atoms with E-state index in [1.807, 2.05) is 31.1 Å². The molecule has 15 heavy (non-hydrogen) atoms. The molecule has 0 aliphatic heterocycles. The number of nitrogens with two attached hydrogens (primary N) is 1. The first kappa shape index (κ1) is 11.4. The smallest absolute Gasteiger partial charge is 0.184 e. The number of hydrogen-bond donors (Lipinski definition) is 2.